The van der Waals surface area contributed by atoms with Crippen LogP contribution >= 0.6 is 0 Å². The van der Waals surface area contributed by atoms with Crippen LogP contribution in [0.5, 0.6) is 5.75 Å². The third-order valence-electron chi connectivity index (χ3n) is 5.72. The largest absolute Gasteiger partial charge is 0.489 e. The van der Waals surface area contributed by atoms with E-state index in [1.807, 2.05) is 6.92 Å². The number of ether oxygens (including phenoxy) is 3. The molecule has 0 saturated heterocycles. The molecule has 2 N–H and O–H groups in total. The number of amides is 1. The summed E-state index contributed by atoms with van der Waals surface area (Å²) < 4.78 is 32.5. The number of hydrogen-bond donors (Lipinski definition) is 2. The second-order valence-electron chi connectivity index (χ2n) is 9.87. The molecule has 2 atom stereocenters. The highest BCUT2D eigenvalue weighted by Gasteiger charge is 2.29. The summed E-state index contributed by atoms with van der Waals surface area (Å²) in [5, 5.41) is 10.1. The first kappa shape index (κ1) is 26.2. The Morgan fingerprint density at radius 3 is 2.84 bits per heavy atom. The number of esters is 1. The lowest BCUT2D eigenvalue weighted by molar-refractivity contribution is 0.0514. The van der Waals surface area contributed by atoms with Gasteiger partial charge in [-0.05, 0) is 52.8 Å². The third-order valence-corrected chi connectivity index (χ3v) is 5.72. The summed E-state index contributed by atoms with van der Waals surface area (Å²) >= 11 is 0. The molecular weight excluding hydrogens is 481 g/mol. The lowest BCUT2D eigenvalue weighted by Gasteiger charge is -2.20. The number of carbonyl (C=O) groups is 2. The topological polar surface area (TPSA) is 116 Å². The molecule has 2 aromatic heterocycles. The van der Waals surface area contributed by atoms with Crippen LogP contribution in [-0.4, -0.2) is 51.5 Å². The summed E-state index contributed by atoms with van der Waals surface area (Å²) in [4.78, 5) is 28.6. The van der Waals surface area contributed by atoms with Gasteiger partial charge in [0.25, 0.3) is 0 Å². The van der Waals surface area contributed by atoms with Crippen molar-refractivity contribution in [2.24, 2.45) is 0 Å². The molecule has 0 saturated carbocycles. The molecule has 0 fully saturated rings. The number of nitrogens with one attached hydrogen (secondary N) is 2. The van der Waals surface area contributed by atoms with Gasteiger partial charge in [0.05, 0.1) is 18.8 Å². The predicted molar refractivity (Wildman–Crippen MR) is 134 cm³/mol. The van der Waals surface area contributed by atoms with Gasteiger partial charge in [-0.25, -0.2) is 23.5 Å². The van der Waals surface area contributed by atoms with Gasteiger partial charge in [0, 0.05) is 36.7 Å². The number of benzene rings is 1. The SMILES string of the molecule is CCOC(=O)c1cnn2ccc(N[C@H](C)c3cc(F)cc4c3OC(CCNC(=O)OC(C)(C)C)C4)nc12. The van der Waals surface area contributed by atoms with Gasteiger partial charge in [0.2, 0.25) is 0 Å². The highest BCUT2D eigenvalue weighted by Crippen LogP contribution is 2.38. The number of alkyl carbamates (subject to hydrolysis) is 1. The molecule has 10 nitrogen and oxygen atoms in total. The van der Waals surface area contributed by atoms with Crippen LogP contribution in [0.1, 0.15) is 68.6 Å². The maximum absolute atomic E-state index is 14.5. The zero-order chi connectivity index (χ0) is 26.7. The van der Waals surface area contributed by atoms with Crippen molar-refractivity contribution in [3.63, 3.8) is 0 Å². The molecule has 0 bridgehead atoms. The molecule has 37 heavy (non-hydrogen) atoms. The van der Waals surface area contributed by atoms with Crippen molar-refractivity contribution in [3.05, 3.63) is 53.1 Å². The highest BCUT2D eigenvalue weighted by atomic mass is 19.1. The number of hydrogen-bond acceptors (Lipinski definition) is 8. The normalized spacial score (nSPS) is 15.6. The van der Waals surface area contributed by atoms with Gasteiger partial charge >= 0.3 is 12.1 Å². The van der Waals surface area contributed by atoms with E-state index in [4.69, 9.17) is 14.2 Å². The summed E-state index contributed by atoms with van der Waals surface area (Å²) in [6.45, 7) is 9.63. The fraction of sp³-hybridized carbons (Fsp3) is 0.462. The Bertz CT molecular complexity index is 1300. The Hall–Kier alpha value is -3.89. The Labute approximate surface area is 214 Å². The predicted octanol–water partition coefficient (Wildman–Crippen LogP) is 4.44. The van der Waals surface area contributed by atoms with Crippen LogP contribution in [-0.2, 0) is 15.9 Å². The lowest BCUT2D eigenvalue weighted by Crippen LogP contribution is -2.34. The van der Waals surface area contributed by atoms with Crippen LogP contribution in [0.2, 0.25) is 0 Å². The Balaban J connectivity index is 1.44. The van der Waals surface area contributed by atoms with Crippen molar-refractivity contribution in [1.82, 2.24) is 19.9 Å². The number of nitrogens with zero attached hydrogens (tertiary/aromatic N) is 3. The van der Waals surface area contributed by atoms with E-state index in [-0.39, 0.29) is 30.1 Å². The van der Waals surface area contributed by atoms with Crippen LogP contribution < -0.4 is 15.4 Å². The van der Waals surface area contributed by atoms with Crippen molar-refractivity contribution >= 4 is 23.5 Å². The van der Waals surface area contributed by atoms with E-state index in [0.29, 0.717) is 42.2 Å². The molecule has 1 aromatic carbocycles. The minimum atomic E-state index is -0.572. The lowest BCUT2D eigenvalue weighted by atomic mass is 10.0. The molecule has 0 spiro atoms. The summed E-state index contributed by atoms with van der Waals surface area (Å²) in [7, 11) is 0. The van der Waals surface area contributed by atoms with E-state index in [9.17, 15) is 14.0 Å². The van der Waals surface area contributed by atoms with Crippen LogP contribution in [0, 0.1) is 5.82 Å². The second kappa shape index (κ2) is 10.6. The van der Waals surface area contributed by atoms with Gasteiger partial charge in [-0.3, -0.25) is 0 Å². The van der Waals surface area contributed by atoms with E-state index in [2.05, 4.69) is 20.7 Å². The van der Waals surface area contributed by atoms with Gasteiger partial charge in [-0.15, -0.1) is 0 Å². The van der Waals surface area contributed by atoms with Crippen molar-refractivity contribution < 1.29 is 28.2 Å². The molecule has 1 unspecified atom stereocenters. The minimum absolute atomic E-state index is 0.203. The maximum Gasteiger partial charge on any atom is 0.407 e. The first-order valence-electron chi connectivity index (χ1n) is 12.3. The monoisotopic (exact) mass is 513 g/mol. The molecule has 0 radical (unpaired) electrons. The molecule has 3 heterocycles. The average Bonchev–Trinajstić information content (AvgIpc) is 3.41. The quantitative estimate of drug-likeness (QED) is 0.425. The molecule has 1 amide bonds. The number of rotatable bonds is 8. The van der Waals surface area contributed by atoms with Crippen LogP contribution in [0.15, 0.2) is 30.6 Å². The summed E-state index contributed by atoms with van der Waals surface area (Å²) in [5.74, 6) is 0.252. The van der Waals surface area contributed by atoms with Gasteiger partial charge in [-0.2, -0.15) is 5.10 Å². The number of halogens is 1. The average molecular weight is 514 g/mol. The Kier molecular flexibility index (Phi) is 7.51. The van der Waals surface area contributed by atoms with Crippen molar-refractivity contribution in [1.29, 1.82) is 0 Å². The molecule has 1 aliphatic heterocycles. The van der Waals surface area contributed by atoms with Gasteiger partial charge in [0.15, 0.2) is 5.65 Å². The van der Waals surface area contributed by atoms with Crippen molar-refractivity contribution in [3.8, 4) is 5.75 Å². The van der Waals surface area contributed by atoms with Gasteiger partial charge in [-0.1, -0.05) is 0 Å². The molecule has 1 aliphatic rings. The Morgan fingerprint density at radius 2 is 2.11 bits per heavy atom. The molecule has 198 valence electrons. The van der Waals surface area contributed by atoms with E-state index < -0.39 is 17.7 Å². The zero-order valence-electron chi connectivity index (χ0n) is 21.6. The number of fused-ring (bicyclic) bond motifs is 2. The Morgan fingerprint density at radius 1 is 1.32 bits per heavy atom. The first-order valence-corrected chi connectivity index (χ1v) is 12.3. The molecule has 0 aliphatic carbocycles. The standard InChI is InChI=1S/C26H32FN5O5/c1-6-35-24(33)20-14-29-32-10-8-21(31-23(20)32)30-15(2)19-13-17(27)11-16-12-18(36-22(16)19)7-9-28-25(34)37-26(3,4)5/h8,10-11,13-15,18H,6-7,9,12H2,1-5H3,(H,28,34)(H,30,31)/t15-,18?/m1/s1. The maximum atomic E-state index is 14.5. The van der Waals surface area contributed by atoms with E-state index in [1.54, 1.807) is 40.0 Å². The number of anilines is 1. The first-order chi connectivity index (χ1) is 17.5. The van der Waals surface area contributed by atoms with Crippen molar-refractivity contribution in [2.45, 2.75) is 65.2 Å². The highest BCUT2D eigenvalue weighted by molar-refractivity contribution is 5.95. The van der Waals surface area contributed by atoms with E-state index in [0.717, 1.165) is 5.56 Å². The summed E-state index contributed by atoms with van der Waals surface area (Å²) in [6.07, 6.45) is 3.49. The zero-order valence-corrected chi connectivity index (χ0v) is 21.6. The summed E-state index contributed by atoms with van der Waals surface area (Å²) in [5.41, 5.74) is 1.47. The van der Waals surface area contributed by atoms with Gasteiger partial charge < -0.3 is 24.8 Å². The summed E-state index contributed by atoms with van der Waals surface area (Å²) in [6, 6.07) is 4.29. The third kappa shape index (κ3) is 6.28. The number of carbonyl (C=O) groups excluding carboxylic acids is 2. The van der Waals surface area contributed by atoms with E-state index in [1.165, 1.54) is 22.8 Å². The van der Waals surface area contributed by atoms with Crippen LogP contribution in [0.4, 0.5) is 15.0 Å². The van der Waals surface area contributed by atoms with Crippen LogP contribution in [0.25, 0.3) is 5.65 Å². The second-order valence-corrected chi connectivity index (χ2v) is 9.87. The van der Waals surface area contributed by atoms with E-state index >= 15 is 0 Å². The molecular formula is C26H32FN5O5. The van der Waals surface area contributed by atoms with Gasteiger partial charge in [0.1, 0.15) is 34.7 Å². The molecule has 3 aromatic rings. The fourth-order valence-electron chi connectivity index (χ4n) is 4.16. The van der Waals surface area contributed by atoms with Crippen molar-refractivity contribution in [2.75, 3.05) is 18.5 Å². The molecule has 11 heteroatoms. The molecule has 4 rings (SSSR count). The fourth-order valence-corrected chi connectivity index (χ4v) is 4.16. The number of aromatic nitrogens is 3. The smallest absolute Gasteiger partial charge is 0.407 e. The van der Waals surface area contributed by atoms with Crippen LogP contribution in [0.3, 0.4) is 0 Å². The minimum Gasteiger partial charge on any atom is -0.489 e.